The van der Waals surface area contributed by atoms with Gasteiger partial charge in [-0.3, -0.25) is 4.90 Å². The molecule has 29 heavy (non-hydrogen) atoms. The number of aromatic nitrogens is 6. The average Bonchev–Trinajstić information content (AvgIpc) is 3.36. The molecule has 0 unspecified atom stereocenters. The highest BCUT2D eigenvalue weighted by Gasteiger charge is 2.34. The van der Waals surface area contributed by atoms with Gasteiger partial charge in [0.2, 0.25) is 5.95 Å². The summed E-state index contributed by atoms with van der Waals surface area (Å²) in [5.74, 6) is 0.670. The number of imidazole rings is 1. The molecule has 2 fully saturated rings. The molecule has 1 N–H and O–H groups in total. The summed E-state index contributed by atoms with van der Waals surface area (Å²) in [6, 6.07) is 7.05. The maximum atomic E-state index is 5.44. The van der Waals surface area contributed by atoms with Crippen LogP contribution in [0.15, 0.2) is 43.0 Å². The Balaban J connectivity index is 1.18. The van der Waals surface area contributed by atoms with Gasteiger partial charge >= 0.3 is 0 Å². The molecule has 0 aromatic carbocycles. The molecule has 0 bridgehead atoms. The highest BCUT2D eigenvalue weighted by Crippen LogP contribution is 2.29. The number of nitrogens with zero attached hydrogens (tertiary/aromatic N) is 7. The largest absolute Gasteiger partial charge is 0.379 e. The van der Waals surface area contributed by atoms with E-state index >= 15 is 0 Å². The Bertz CT molecular complexity index is 1160. The van der Waals surface area contributed by atoms with Crippen molar-refractivity contribution < 1.29 is 4.74 Å². The van der Waals surface area contributed by atoms with Crippen LogP contribution in [0.4, 0.5) is 5.95 Å². The Morgan fingerprint density at radius 3 is 2.76 bits per heavy atom. The summed E-state index contributed by atoms with van der Waals surface area (Å²) >= 11 is 0. The Morgan fingerprint density at radius 2 is 1.86 bits per heavy atom. The summed E-state index contributed by atoms with van der Waals surface area (Å²) in [6.07, 6.45) is 9.67. The van der Waals surface area contributed by atoms with E-state index in [1.807, 2.05) is 41.3 Å². The fourth-order valence-electron chi connectivity index (χ4n) is 4.27. The van der Waals surface area contributed by atoms with E-state index in [1.165, 1.54) is 0 Å². The number of rotatable bonds is 4. The summed E-state index contributed by atoms with van der Waals surface area (Å²) in [4.78, 5) is 11.3. The zero-order chi connectivity index (χ0) is 19.2. The molecule has 4 aromatic rings. The van der Waals surface area contributed by atoms with Gasteiger partial charge in [-0.25, -0.2) is 19.0 Å². The maximum absolute atomic E-state index is 5.44. The second-order valence-corrected chi connectivity index (χ2v) is 7.70. The van der Waals surface area contributed by atoms with E-state index in [-0.39, 0.29) is 0 Å². The zero-order valence-corrected chi connectivity index (χ0v) is 16.0. The van der Waals surface area contributed by atoms with Gasteiger partial charge in [-0.1, -0.05) is 0 Å². The van der Waals surface area contributed by atoms with Crippen LogP contribution in [0.3, 0.4) is 0 Å². The number of ether oxygens (including phenoxy) is 1. The molecular formula is C20H22N8O. The number of morpholine rings is 1. The maximum Gasteiger partial charge on any atom is 0.241 e. The van der Waals surface area contributed by atoms with Gasteiger partial charge in [0.1, 0.15) is 0 Å². The monoisotopic (exact) mass is 390 g/mol. The molecule has 0 amide bonds. The van der Waals surface area contributed by atoms with E-state index in [4.69, 9.17) is 4.74 Å². The second kappa shape index (κ2) is 6.78. The fourth-order valence-corrected chi connectivity index (χ4v) is 4.27. The van der Waals surface area contributed by atoms with Gasteiger partial charge in [-0.15, -0.1) is 5.10 Å². The van der Waals surface area contributed by atoms with Crippen LogP contribution < -0.4 is 5.32 Å². The molecule has 1 saturated carbocycles. The molecule has 0 atom stereocenters. The van der Waals surface area contributed by atoms with Gasteiger partial charge in [-0.05, 0) is 31.0 Å². The van der Waals surface area contributed by atoms with Crippen molar-refractivity contribution in [2.75, 3.05) is 31.6 Å². The van der Waals surface area contributed by atoms with Crippen LogP contribution in [0.1, 0.15) is 12.8 Å². The molecule has 0 radical (unpaired) electrons. The SMILES string of the molecule is c1cn2nc(-c3ccn4nc(NC5CC(N6CCOCC6)C5)ncc34)ccc2n1. The van der Waals surface area contributed by atoms with Crippen LogP contribution in [0.5, 0.6) is 0 Å². The molecule has 9 nitrogen and oxygen atoms in total. The number of fused-ring (bicyclic) bond motifs is 2. The lowest BCUT2D eigenvalue weighted by molar-refractivity contribution is -0.00443. The smallest absolute Gasteiger partial charge is 0.241 e. The lowest BCUT2D eigenvalue weighted by atomic mass is 9.85. The van der Waals surface area contributed by atoms with Crippen molar-refractivity contribution in [2.45, 2.75) is 24.9 Å². The average molecular weight is 390 g/mol. The Labute approximate surface area is 167 Å². The van der Waals surface area contributed by atoms with E-state index in [9.17, 15) is 0 Å². The first kappa shape index (κ1) is 16.9. The first-order valence-corrected chi connectivity index (χ1v) is 10.1. The summed E-state index contributed by atoms with van der Waals surface area (Å²) < 4.78 is 9.08. The molecule has 6 rings (SSSR count). The van der Waals surface area contributed by atoms with Crippen molar-refractivity contribution >= 4 is 17.1 Å². The minimum atomic E-state index is 0.431. The Kier molecular flexibility index (Phi) is 3.95. The van der Waals surface area contributed by atoms with Crippen molar-refractivity contribution in [1.29, 1.82) is 0 Å². The molecule has 0 spiro atoms. The quantitative estimate of drug-likeness (QED) is 0.568. The summed E-state index contributed by atoms with van der Waals surface area (Å²) in [7, 11) is 0. The van der Waals surface area contributed by atoms with E-state index < -0.39 is 0 Å². The predicted octanol–water partition coefficient (Wildman–Crippen LogP) is 1.71. The highest BCUT2D eigenvalue weighted by atomic mass is 16.5. The highest BCUT2D eigenvalue weighted by molar-refractivity contribution is 5.78. The van der Waals surface area contributed by atoms with Crippen LogP contribution in [-0.4, -0.2) is 72.5 Å². The number of hydrogen-bond acceptors (Lipinski definition) is 7. The van der Waals surface area contributed by atoms with Gasteiger partial charge in [0, 0.05) is 49.3 Å². The Morgan fingerprint density at radius 1 is 0.966 bits per heavy atom. The van der Waals surface area contributed by atoms with Crippen molar-refractivity contribution in [2.24, 2.45) is 0 Å². The second-order valence-electron chi connectivity index (χ2n) is 7.70. The minimum absolute atomic E-state index is 0.431. The Hall–Kier alpha value is -3.04. The predicted molar refractivity (Wildman–Crippen MR) is 108 cm³/mol. The van der Waals surface area contributed by atoms with Crippen LogP contribution in [0, 0.1) is 0 Å². The standard InChI is InChI=1S/C20H22N8O/c1-2-19-21-4-6-28(19)24-17(1)16-3-5-27-18(16)13-22-20(25-27)23-14-11-15(12-14)26-7-9-29-10-8-26/h1-6,13-15H,7-12H2,(H,23,25). The third-order valence-corrected chi connectivity index (χ3v) is 5.96. The minimum Gasteiger partial charge on any atom is -0.379 e. The molecular weight excluding hydrogens is 368 g/mol. The summed E-state index contributed by atoms with van der Waals surface area (Å²) in [5, 5.41) is 12.8. The number of anilines is 1. The summed E-state index contributed by atoms with van der Waals surface area (Å²) in [5.41, 5.74) is 3.64. The molecule has 1 aliphatic heterocycles. The van der Waals surface area contributed by atoms with Crippen molar-refractivity contribution in [3.8, 4) is 11.3 Å². The molecule has 148 valence electrons. The summed E-state index contributed by atoms with van der Waals surface area (Å²) in [6.45, 7) is 3.80. The first-order valence-electron chi connectivity index (χ1n) is 10.1. The first-order chi connectivity index (χ1) is 14.3. The molecule has 9 heteroatoms. The molecule has 2 aliphatic rings. The molecule has 1 saturated heterocycles. The third-order valence-electron chi connectivity index (χ3n) is 5.96. The molecule has 5 heterocycles. The van der Waals surface area contributed by atoms with Gasteiger partial charge in [-0.2, -0.15) is 5.10 Å². The van der Waals surface area contributed by atoms with Crippen LogP contribution >= 0.6 is 0 Å². The van der Waals surface area contributed by atoms with Crippen molar-refractivity contribution in [3.05, 3.63) is 43.0 Å². The third kappa shape index (κ3) is 3.02. The van der Waals surface area contributed by atoms with Gasteiger partial charge < -0.3 is 10.1 Å². The molecule has 1 aliphatic carbocycles. The van der Waals surface area contributed by atoms with E-state index in [1.54, 1.807) is 10.7 Å². The fraction of sp³-hybridized carbons (Fsp3) is 0.400. The van der Waals surface area contributed by atoms with Crippen LogP contribution in [0.25, 0.3) is 22.4 Å². The van der Waals surface area contributed by atoms with Crippen molar-refractivity contribution in [1.82, 2.24) is 34.1 Å². The number of hydrogen-bond donors (Lipinski definition) is 1. The zero-order valence-electron chi connectivity index (χ0n) is 16.0. The van der Waals surface area contributed by atoms with E-state index in [2.05, 4.69) is 30.4 Å². The van der Waals surface area contributed by atoms with Gasteiger partial charge in [0.25, 0.3) is 0 Å². The van der Waals surface area contributed by atoms with Crippen LogP contribution in [-0.2, 0) is 4.74 Å². The normalized spacial score (nSPS) is 22.8. The van der Waals surface area contributed by atoms with Gasteiger partial charge in [0.05, 0.1) is 30.6 Å². The van der Waals surface area contributed by atoms with Gasteiger partial charge in [0.15, 0.2) is 5.65 Å². The number of nitrogens with one attached hydrogen (secondary N) is 1. The van der Waals surface area contributed by atoms with Crippen molar-refractivity contribution in [3.63, 3.8) is 0 Å². The van der Waals surface area contributed by atoms with E-state index in [0.717, 1.165) is 61.6 Å². The lowest BCUT2D eigenvalue weighted by Crippen LogP contribution is -2.53. The molecule has 4 aromatic heterocycles. The lowest BCUT2D eigenvalue weighted by Gasteiger charge is -2.44. The van der Waals surface area contributed by atoms with E-state index in [0.29, 0.717) is 18.0 Å². The van der Waals surface area contributed by atoms with Crippen LogP contribution in [0.2, 0.25) is 0 Å². The topological polar surface area (TPSA) is 84.9 Å².